The molecule has 0 N–H and O–H groups in total. The van der Waals surface area contributed by atoms with E-state index in [0.717, 1.165) is 4.31 Å². The van der Waals surface area contributed by atoms with Crippen molar-refractivity contribution in [1.29, 1.82) is 0 Å². The van der Waals surface area contributed by atoms with Crippen LogP contribution in [0.1, 0.15) is 16.1 Å². The number of furan rings is 1. The lowest BCUT2D eigenvalue weighted by Gasteiger charge is -2.36. The van der Waals surface area contributed by atoms with Crippen molar-refractivity contribution in [2.45, 2.75) is 0 Å². The second kappa shape index (κ2) is 7.99. The van der Waals surface area contributed by atoms with E-state index < -0.39 is 21.9 Å². The molecule has 1 aromatic carbocycles. The van der Waals surface area contributed by atoms with Crippen LogP contribution in [0, 0.1) is 5.82 Å². The Morgan fingerprint density at radius 1 is 1.00 bits per heavy atom. The summed E-state index contributed by atoms with van der Waals surface area (Å²) in [6.07, 6.45) is 2.79. The van der Waals surface area contributed by atoms with Gasteiger partial charge in [-0.3, -0.25) is 9.59 Å². The first-order valence-corrected chi connectivity index (χ1v) is 10.8. The highest BCUT2D eigenvalue weighted by atomic mass is 32.2. The van der Waals surface area contributed by atoms with Gasteiger partial charge in [-0.15, -0.1) is 4.40 Å². The highest BCUT2D eigenvalue weighted by Gasteiger charge is 2.34. The second-order valence-corrected chi connectivity index (χ2v) is 8.65. The zero-order valence-corrected chi connectivity index (χ0v) is 17.4. The van der Waals surface area contributed by atoms with E-state index in [1.807, 2.05) is 0 Å². The molecule has 9 nitrogen and oxygen atoms in total. The molecule has 162 valence electrons. The molecule has 0 bridgehead atoms. The van der Waals surface area contributed by atoms with Crippen LogP contribution in [-0.4, -0.2) is 73.3 Å². The van der Waals surface area contributed by atoms with Crippen molar-refractivity contribution < 1.29 is 26.8 Å². The molecular formula is C20H19FN4O5S. The molecule has 0 unspecified atom stereocenters. The number of carbonyl (C=O) groups is 2. The van der Waals surface area contributed by atoms with Crippen molar-refractivity contribution in [2.24, 2.45) is 4.40 Å². The van der Waals surface area contributed by atoms with Gasteiger partial charge in [-0.25, -0.2) is 8.70 Å². The Morgan fingerprint density at radius 3 is 2.19 bits per heavy atom. The van der Waals surface area contributed by atoms with E-state index in [0.29, 0.717) is 5.56 Å². The van der Waals surface area contributed by atoms with Crippen LogP contribution in [0.25, 0.3) is 0 Å². The van der Waals surface area contributed by atoms with E-state index in [9.17, 15) is 22.4 Å². The Kier molecular flexibility index (Phi) is 5.36. The van der Waals surface area contributed by atoms with Crippen LogP contribution >= 0.6 is 0 Å². The van der Waals surface area contributed by atoms with E-state index >= 15 is 0 Å². The number of piperazine rings is 1. The van der Waals surface area contributed by atoms with Gasteiger partial charge in [0.1, 0.15) is 11.5 Å². The van der Waals surface area contributed by atoms with Gasteiger partial charge in [0.25, 0.3) is 11.8 Å². The summed E-state index contributed by atoms with van der Waals surface area (Å²) >= 11 is 0. The predicted molar refractivity (Wildman–Crippen MR) is 109 cm³/mol. The zero-order chi connectivity index (χ0) is 22.2. The van der Waals surface area contributed by atoms with Gasteiger partial charge in [-0.05, 0) is 42.5 Å². The first kappa shape index (κ1) is 20.8. The predicted octanol–water partition coefficient (Wildman–Crippen LogP) is 1.27. The van der Waals surface area contributed by atoms with Crippen molar-refractivity contribution in [3.63, 3.8) is 0 Å². The van der Waals surface area contributed by atoms with Crippen LogP contribution in [0.3, 0.4) is 0 Å². The zero-order valence-electron chi connectivity index (χ0n) is 16.6. The Morgan fingerprint density at radius 2 is 1.61 bits per heavy atom. The number of allylic oxidation sites excluding steroid dienone is 1. The molecule has 1 fully saturated rings. The van der Waals surface area contributed by atoms with E-state index in [1.165, 1.54) is 48.6 Å². The normalized spacial score (nSPS) is 18.5. The molecule has 0 radical (unpaired) electrons. The first-order valence-electron chi connectivity index (χ1n) is 9.45. The number of nitrogens with zero attached hydrogens (tertiary/aromatic N) is 4. The van der Waals surface area contributed by atoms with E-state index in [-0.39, 0.29) is 49.3 Å². The summed E-state index contributed by atoms with van der Waals surface area (Å²) in [5.41, 5.74) is 0.352. The third-order valence-corrected chi connectivity index (χ3v) is 6.43. The third kappa shape index (κ3) is 4.08. The average Bonchev–Trinajstić information content (AvgIpc) is 3.30. The SMILES string of the molecule is CN1C(C(=O)N2CCN(C(=O)c3ccco3)CC2)=CC(c2ccc(F)cc2)=NS1(=O)=O. The molecule has 0 spiro atoms. The molecule has 2 amide bonds. The monoisotopic (exact) mass is 446 g/mol. The average molecular weight is 446 g/mol. The van der Waals surface area contributed by atoms with Crippen molar-refractivity contribution in [3.05, 3.63) is 71.6 Å². The molecule has 0 aliphatic carbocycles. The fraction of sp³-hybridized carbons (Fsp3) is 0.250. The van der Waals surface area contributed by atoms with Gasteiger partial charge in [0.15, 0.2) is 5.76 Å². The molecule has 4 rings (SSSR count). The van der Waals surface area contributed by atoms with Crippen molar-refractivity contribution in [1.82, 2.24) is 14.1 Å². The highest BCUT2D eigenvalue weighted by molar-refractivity contribution is 7.88. The summed E-state index contributed by atoms with van der Waals surface area (Å²) in [5, 5.41) is 0. The summed E-state index contributed by atoms with van der Waals surface area (Å²) in [5.74, 6) is -1.01. The molecule has 0 atom stereocenters. The minimum Gasteiger partial charge on any atom is -0.459 e. The van der Waals surface area contributed by atoms with Crippen molar-refractivity contribution >= 4 is 27.7 Å². The van der Waals surface area contributed by atoms with Gasteiger partial charge in [-0.1, -0.05) is 0 Å². The summed E-state index contributed by atoms with van der Waals surface area (Å²) in [6, 6.07) is 8.36. The number of amides is 2. The molecule has 3 heterocycles. The van der Waals surface area contributed by atoms with E-state index in [2.05, 4.69) is 4.40 Å². The third-order valence-electron chi connectivity index (χ3n) is 5.12. The Balaban J connectivity index is 1.52. The van der Waals surface area contributed by atoms with Gasteiger partial charge in [0.05, 0.1) is 12.0 Å². The maximum atomic E-state index is 13.2. The molecule has 2 aliphatic heterocycles. The van der Waals surface area contributed by atoms with Crippen LogP contribution in [0.15, 0.2) is 63.2 Å². The lowest BCUT2D eigenvalue weighted by atomic mass is 10.1. The fourth-order valence-electron chi connectivity index (χ4n) is 3.34. The Labute approximate surface area is 178 Å². The smallest absolute Gasteiger partial charge is 0.345 e. The number of hydrogen-bond acceptors (Lipinski definition) is 5. The summed E-state index contributed by atoms with van der Waals surface area (Å²) in [7, 11) is -2.87. The van der Waals surface area contributed by atoms with E-state index in [4.69, 9.17) is 4.42 Å². The Bertz CT molecular complexity index is 1160. The first-order chi connectivity index (χ1) is 14.8. The molecule has 11 heteroatoms. The maximum absolute atomic E-state index is 13.2. The second-order valence-electron chi connectivity index (χ2n) is 7.02. The largest absolute Gasteiger partial charge is 0.459 e. The quantitative estimate of drug-likeness (QED) is 0.706. The van der Waals surface area contributed by atoms with Crippen molar-refractivity contribution in [2.75, 3.05) is 33.2 Å². The fourth-order valence-corrected chi connectivity index (χ4v) is 4.25. The molecule has 1 saturated heterocycles. The maximum Gasteiger partial charge on any atom is 0.345 e. The van der Waals surface area contributed by atoms with E-state index in [1.54, 1.807) is 17.0 Å². The molecule has 2 aromatic rings. The van der Waals surface area contributed by atoms with Crippen LogP contribution in [0.2, 0.25) is 0 Å². The summed E-state index contributed by atoms with van der Waals surface area (Å²) in [6.45, 7) is 1.04. The van der Waals surface area contributed by atoms with Crippen LogP contribution < -0.4 is 0 Å². The number of carbonyl (C=O) groups excluding carboxylic acids is 2. The van der Waals surface area contributed by atoms with Crippen LogP contribution in [0.4, 0.5) is 4.39 Å². The number of likely N-dealkylation sites (N-methyl/N-ethyl adjacent to an activating group) is 1. The number of halogens is 1. The Hall–Kier alpha value is -3.47. The van der Waals surface area contributed by atoms with Crippen LogP contribution in [-0.2, 0) is 15.0 Å². The topological polar surface area (TPSA) is 104 Å². The minimum atomic E-state index is -4.12. The van der Waals surface area contributed by atoms with Gasteiger partial charge < -0.3 is 14.2 Å². The molecule has 31 heavy (non-hydrogen) atoms. The van der Waals surface area contributed by atoms with Gasteiger partial charge in [0, 0.05) is 38.8 Å². The molecule has 0 saturated carbocycles. The van der Waals surface area contributed by atoms with Gasteiger partial charge in [-0.2, -0.15) is 8.42 Å². The summed E-state index contributed by atoms with van der Waals surface area (Å²) < 4.78 is 47.9. The number of rotatable bonds is 3. The number of hydrogen-bond donors (Lipinski definition) is 0. The summed E-state index contributed by atoms with van der Waals surface area (Å²) in [4.78, 5) is 28.5. The number of benzene rings is 1. The molecular weight excluding hydrogens is 427 g/mol. The minimum absolute atomic E-state index is 0.0492. The van der Waals surface area contributed by atoms with Crippen molar-refractivity contribution in [3.8, 4) is 0 Å². The standard InChI is InChI=1S/C20H19FN4O5S/c1-23-17(13-16(22-31(23,28)29)14-4-6-15(21)7-5-14)19(26)24-8-10-25(11-9-24)20(27)18-3-2-12-30-18/h2-7,12-13H,8-11H2,1H3. The molecule has 1 aromatic heterocycles. The molecule has 2 aliphatic rings. The highest BCUT2D eigenvalue weighted by Crippen LogP contribution is 2.22. The lowest BCUT2D eigenvalue weighted by Crippen LogP contribution is -2.52. The van der Waals surface area contributed by atoms with Gasteiger partial charge >= 0.3 is 10.2 Å². The van der Waals surface area contributed by atoms with Gasteiger partial charge in [0.2, 0.25) is 0 Å². The lowest BCUT2D eigenvalue weighted by molar-refractivity contribution is -0.129. The van der Waals surface area contributed by atoms with Crippen LogP contribution in [0.5, 0.6) is 0 Å².